The Morgan fingerprint density at radius 3 is 2.68 bits per heavy atom. The molecular weight excluding hydrogens is 383 g/mol. The van der Waals surface area contributed by atoms with E-state index < -0.39 is 17.7 Å². The van der Waals surface area contributed by atoms with Crippen LogP contribution in [-0.4, -0.2) is 22.0 Å². The van der Waals surface area contributed by atoms with Gasteiger partial charge >= 0.3 is 5.97 Å². The normalized spacial score (nSPS) is 10.5. The molecule has 0 atom stereocenters. The van der Waals surface area contributed by atoms with E-state index in [0.29, 0.717) is 5.69 Å². The fourth-order valence-electron chi connectivity index (χ4n) is 2.54. The molecule has 0 radical (unpaired) electrons. The second-order valence-electron chi connectivity index (χ2n) is 6.02. The number of aromatic hydroxyl groups is 1. The van der Waals surface area contributed by atoms with E-state index in [4.69, 9.17) is 4.74 Å². The zero-order chi connectivity index (χ0) is 20.3. The molecule has 1 heterocycles. The average molecular weight is 400 g/mol. The minimum absolute atomic E-state index is 0.0535. The van der Waals surface area contributed by atoms with Crippen LogP contribution in [0.4, 0.5) is 15.2 Å². The molecular formula is C20H17FN2O4S. The number of nitrogens with zero attached hydrogens (tertiary/aromatic N) is 2. The zero-order valence-corrected chi connectivity index (χ0v) is 16.0. The molecule has 1 amide bonds. The number of hydrogen-bond acceptors (Lipinski definition) is 6. The number of carbonyl (C=O) groups is 2. The van der Waals surface area contributed by atoms with Crippen LogP contribution in [0.1, 0.15) is 28.5 Å². The topological polar surface area (TPSA) is 79.7 Å². The van der Waals surface area contributed by atoms with Crippen LogP contribution in [0.5, 0.6) is 5.75 Å². The quantitative estimate of drug-likeness (QED) is 0.645. The second-order valence-corrected chi connectivity index (χ2v) is 6.86. The number of aromatic nitrogens is 1. The number of benzene rings is 2. The summed E-state index contributed by atoms with van der Waals surface area (Å²) in [6.45, 7) is 2.96. The number of para-hydroxylation sites is 1. The Morgan fingerprint density at radius 1 is 1.25 bits per heavy atom. The van der Waals surface area contributed by atoms with Crippen LogP contribution >= 0.6 is 11.3 Å². The Labute approximate surface area is 164 Å². The molecule has 0 saturated heterocycles. The van der Waals surface area contributed by atoms with Gasteiger partial charge in [-0.2, -0.15) is 0 Å². The number of anilines is 2. The molecule has 1 N–H and O–H groups in total. The first-order valence-electron chi connectivity index (χ1n) is 8.33. The maximum Gasteiger partial charge on any atom is 0.342 e. The van der Waals surface area contributed by atoms with Crippen LogP contribution in [-0.2, 0) is 16.1 Å². The molecule has 28 heavy (non-hydrogen) atoms. The number of esters is 1. The number of rotatable bonds is 5. The Morgan fingerprint density at radius 2 is 2.00 bits per heavy atom. The predicted molar refractivity (Wildman–Crippen MR) is 103 cm³/mol. The summed E-state index contributed by atoms with van der Waals surface area (Å²) in [5.74, 6) is -1.79. The number of phenolic OH excluding ortho intramolecular Hbond substituents is 1. The highest BCUT2D eigenvalue weighted by Crippen LogP contribution is 2.31. The van der Waals surface area contributed by atoms with Gasteiger partial charge < -0.3 is 9.84 Å². The molecule has 1 aromatic heterocycles. The van der Waals surface area contributed by atoms with Crippen molar-refractivity contribution in [2.24, 2.45) is 0 Å². The average Bonchev–Trinajstić information content (AvgIpc) is 3.10. The predicted octanol–water partition coefficient (Wildman–Crippen LogP) is 4.34. The van der Waals surface area contributed by atoms with Crippen molar-refractivity contribution in [1.29, 1.82) is 0 Å². The van der Waals surface area contributed by atoms with Gasteiger partial charge in [0.1, 0.15) is 23.7 Å². The van der Waals surface area contributed by atoms with Gasteiger partial charge in [0, 0.05) is 12.3 Å². The summed E-state index contributed by atoms with van der Waals surface area (Å²) in [5, 5.41) is 11.7. The van der Waals surface area contributed by atoms with E-state index >= 15 is 0 Å². The Bertz CT molecular complexity index is 1030. The second kappa shape index (κ2) is 8.18. The van der Waals surface area contributed by atoms with Gasteiger partial charge in [0.25, 0.3) is 0 Å². The lowest BCUT2D eigenvalue weighted by Crippen LogP contribution is -2.23. The summed E-state index contributed by atoms with van der Waals surface area (Å²) in [5.41, 5.74) is 1.37. The van der Waals surface area contributed by atoms with Gasteiger partial charge in [0.05, 0.1) is 11.4 Å². The van der Waals surface area contributed by atoms with Gasteiger partial charge in [-0.15, -0.1) is 11.3 Å². The monoisotopic (exact) mass is 400 g/mol. The first-order valence-corrected chi connectivity index (χ1v) is 9.21. The summed E-state index contributed by atoms with van der Waals surface area (Å²) >= 11 is 1.13. The minimum atomic E-state index is -0.690. The SMILES string of the molecule is CC(=O)N(c1nc(COC(=O)c2ccc(C)cc2O)cs1)c1ccccc1F. The Balaban J connectivity index is 1.75. The molecule has 0 aliphatic carbocycles. The third-order valence-electron chi connectivity index (χ3n) is 3.86. The van der Waals surface area contributed by atoms with Gasteiger partial charge in [0.2, 0.25) is 5.91 Å². The van der Waals surface area contributed by atoms with E-state index in [1.165, 1.54) is 37.3 Å². The zero-order valence-electron chi connectivity index (χ0n) is 15.2. The summed E-state index contributed by atoms with van der Waals surface area (Å²) < 4.78 is 19.3. The summed E-state index contributed by atoms with van der Waals surface area (Å²) in [6.07, 6.45) is 0. The fourth-order valence-corrected chi connectivity index (χ4v) is 3.40. The van der Waals surface area contributed by atoms with Crippen molar-refractivity contribution in [1.82, 2.24) is 4.98 Å². The number of ether oxygens (including phenoxy) is 1. The number of halogens is 1. The van der Waals surface area contributed by atoms with Gasteiger partial charge in [0.15, 0.2) is 5.13 Å². The van der Waals surface area contributed by atoms with Crippen LogP contribution in [0, 0.1) is 12.7 Å². The maximum atomic E-state index is 14.1. The molecule has 3 rings (SSSR count). The number of phenols is 1. The van der Waals surface area contributed by atoms with Gasteiger partial charge in [-0.3, -0.25) is 9.69 Å². The van der Waals surface area contributed by atoms with Crippen LogP contribution in [0.2, 0.25) is 0 Å². The summed E-state index contributed by atoms with van der Waals surface area (Å²) in [4.78, 5) is 29.6. The summed E-state index contributed by atoms with van der Waals surface area (Å²) in [7, 11) is 0. The van der Waals surface area contributed by atoms with E-state index in [0.717, 1.165) is 21.8 Å². The van der Waals surface area contributed by atoms with Crippen LogP contribution in [0.3, 0.4) is 0 Å². The molecule has 144 valence electrons. The molecule has 0 bridgehead atoms. The van der Waals surface area contributed by atoms with Crippen LogP contribution in [0.15, 0.2) is 47.8 Å². The van der Waals surface area contributed by atoms with Crippen LogP contribution in [0.25, 0.3) is 0 Å². The van der Waals surface area contributed by atoms with Crippen molar-refractivity contribution in [2.75, 3.05) is 4.90 Å². The van der Waals surface area contributed by atoms with Crippen molar-refractivity contribution in [3.05, 3.63) is 70.5 Å². The largest absolute Gasteiger partial charge is 0.507 e. The van der Waals surface area contributed by atoms with E-state index in [-0.39, 0.29) is 28.7 Å². The molecule has 2 aromatic carbocycles. The summed E-state index contributed by atoms with van der Waals surface area (Å²) in [6, 6.07) is 10.5. The van der Waals surface area contributed by atoms with Crippen molar-refractivity contribution >= 4 is 34.0 Å². The molecule has 6 nitrogen and oxygen atoms in total. The number of hydrogen-bond donors (Lipinski definition) is 1. The molecule has 0 aliphatic heterocycles. The lowest BCUT2D eigenvalue weighted by Gasteiger charge is -2.18. The number of aryl methyl sites for hydroxylation is 1. The van der Waals surface area contributed by atoms with Crippen LogP contribution < -0.4 is 4.90 Å². The third kappa shape index (κ3) is 4.17. The van der Waals surface area contributed by atoms with Crippen molar-refractivity contribution in [2.45, 2.75) is 20.5 Å². The first-order chi connectivity index (χ1) is 13.4. The van der Waals surface area contributed by atoms with Crippen molar-refractivity contribution < 1.29 is 23.8 Å². The van der Waals surface area contributed by atoms with Gasteiger partial charge in [-0.1, -0.05) is 18.2 Å². The molecule has 0 fully saturated rings. The maximum absolute atomic E-state index is 14.1. The van der Waals surface area contributed by atoms with Gasteiger partial charge in [-0.05, 0) is 36.8 Å². The highest BCUT2D eigenvalue weighted by Gasteiger charge is 2.21. The third-order valence-corrected chi connectivity index (χ3v) is 4.74. The van der Waals surface area contributed by atoms with E-state index in [1.54, 1.807) is 24.4 Å². The standard InChI is InChI=1S/C20H17FN2O4S/c1-12-7-8-15(18(25)9-12)19(26)27-10-14-11-28-20(22-14)23(13(2)24)17-6-4-3-5-16(17)21/h3-9,11,25H,10H2,1-2H3. The smallest absolute Gasteiger partial charge is 0.342 e. The lowest BCUT2D eigenvalue weighted by atomic mass is 10.1. The molecule has 0 aliphatic rings. The van der Waals surface area contributed by atoms with Crippen molar-refractivity contribution in [3.63, 3.8) is 0 Å². The van der Waals surface area contributed by atoms with E-state index in [9.17, 15) is 19.1 Å². The van der Waals surface area contributed by atoms with Gasteiger partial charge in [-0.25, -0.2) is 14.2 Å². The molecule has 0 saturated carbocycles. The fraction of sp³-hybridized carbons (Fsp3) is 0.150. The highest BCUT2D eigenvalue weighted by atomic mass is 32.1. The Hall–Kier alpha value is -3.26. The molecule has 0 spiro atoms. The van der Waals surface area contributed by atoms with E-state index in [1.807, 2.05) is 0 Å². The number of thiazole rings is 1. The Kier molecular flexibility index (Phi) is 5.70. The highest BCUT2D eigenvalue weighted by molar-refractivity contribution is 7.14. The number of amides is 1. The number of carbonyl (C=O) groups excluding carboxylic acids is 2. The first kappa shape index (κ1) is 19.5. The molecule has 3 aromatic rings. The van der Waals surface area contributed by atoms with E-state index in [2.05, 4.69) is 4.98 Å². The minimum Gasteiger partial charge on any atom is -0.507 e. The van der Waals surface area contributed by atoms with Crippen molar-refractivity contribution in [3.8, 4) is 5.75 Å². The molecule has 0 unspecified atom stereocenters. The lowest BCUT2D eigenvalue weighted by molar-refractivity contribution is -0.115. The molecule has 8 heteroatoms.